The summed E-state index contributed by atoms with van der Waals surface area (Å²) in [7, 11) is 0. The number of oxime groups is 1. The molecule has 1 saturated carbocycles. The Labute approximate surface area is 112 Å². The predicted molar refractivity (Wildman–Crippen MR) is 74.2 cm³/mol. The number of hydrogen-bond acceptors (Lipinski definition) is 3. The molecule has 4 N–H and O–H groups in total. The average molecular weight is 261 g/mol. The van der Waals surface area contributed by atoms with E-state index < -0.39 is 5.41 Å². The molecule has 0 atom stereocenters. The van der Waals surface area contributed by atoms with Crippen molar-refractivity contribution < 1.29 is 10.0 Å². The Morgan fingerprint density at radius 3 is 2.58 bits per heavy atom. The van der Waals surface area contributed by atoms with Gasteiger partial charge >= 0.3 is 0 Å². The Hall–Kier alpha value is -2.04. The van der Waals surface area contributed by atoms with Crippen molar-refractivity contribution in [2.75, 3.05) is 5.32 Å². The molecule has 1 aliphatic rings. The molecule has 0 unspecified atom stereocenters. The molecule has 1 aromatic rings. The highest BCUT2D eigenvalue weighted by Crippen LogP contribution is 2.47. The standard InChI is InChI=1S/C14H19N3O2/c1-9(2)10-5-3-4-6-11(10)16-13(18)14(7-8-14)12(15)17-19/h3-6,9,19H,7-8H2,1-2H3,(H2,15,17)(H,16,18). The van der Waals surface area contributed by atoms with Crippen molar-refractivity contribution in [1.82, 2.24) is 0 Å². The summed E-state index contributed by atoms with van der Waals surface area (Å²) in [5.41, 5.74) is 6.65. The van der Waals surface area contributed by atoms with Gasteiger partial charge in [0.15, 0.2) is 5.84 Å². The lowest BCUT2D eigenvalue weighted by atomic mass is 9.99. The maximum absolute atomic E-state index is 12.3. The van der Waals surface area contributed by atoms with E-state index in [2.05, 4.69) is 24.3 Å². The number of nitrogens with two attached hydrogens (primary N) is 1. The van der Waals surface area contributed by atoms with Crippen LogP contribution >= 0.6 is 0 Å². The Morgan fingerprint density at radius 1 is 1.42 bits per heavy atom. The Balaban J connectivity index is 2.21. The van der Waals surface area contributed by atoms with Crippen LogP contribution in [0.2, 0.25) is 0 Å². The van der Waals surface area contributed by atoms with Crippen molar-refractivity contribution in [2.45, 2.75) is 32.6 Å². The molecule has 0 bridgehead atoms. The summed E-state index contributed by atoms with van der Waals surface area (Å²) in [5, 5.41) is 14.6. The van der Waals surface area contributed by atoms with Crippen LogP contribution in [-0.4, -0.2) is 17.0 Å². The molecular formula is C14H19N3O2. The molecule has 0 aromatic heterocycles. The maximum Gasteiger partial charge on any atom is 0.238 e. The molecular weight excluding hydrogens is 242 g/mol. The van der Waals surface area contributed by atoms with Gasteiger partial charge in [0.2, 0.25) is 5.91 Å². The lowest BCUT2D eigenvalue weighted by Gasteiger charge is -2.17. The highest BCUT2D eigenvalue weighted by Gasteiger charge is 2.54. The van der Waals surface area contributed by atoms with Crippen molar-refractivity contribution in [3.05, 3.63) is 29.8 Å². The van der Waals surface area contributed by atoms with Gasteiger partial charge in [-0.25, -0.2) is 0 Å². The van der Waals surface area contributed by atoms with Crippen LogP contribution in [0.3, 0.4) is 0 Å². The third-order valence-electron chi connectivity index (χ3n) is 3.61. The van der Waals surface area contributed by atoms with Crippen LogP contribution in [0.1, 0.15) is 38.2 Å². The first kappa shape index (κ1) is 13.4. The SMILES string of the molecule is CC(C)c1ccccc1NC(=O)C1(/C(N)=N/O)CC1. The van der Waals surface area contributed by atoms with Gasteiger partial charge in [-0.05, 0) is 30.4 Å². The van der Waals surface area contributed by atoms with Gasteiger partial charge in [-0.3, -0.25) is 4.79 Å². The molecule has 0 spiro atoms. The van der Waals surface area contributed by atoms with Crippen LogP contribution in [0.4, 0.5) is 5.69 Å². The zero-order valence-corrected chi connectivity index (χ0v) is 11.2. The number of nitrogens with one attached hydrogen (secondary N) is 1. The molecule has 1 amide bonds. The van der Waals surface area contributed by atoms with Crippen LogP contribution in [0.15, 0.2) is 29.4 Å². The number of carbonyl (C=O) groups is 1. The van der Waals surface area contributed by atoms with E-state index >= 15 is 0 Å². The molecule has 0 saturated heterocycles. The number of carbonyl (C=O) groups excluding carboxylic acids is 1. The van der Waals surface area contributed by atoms with E-state index in [-0.39, 0.29) is 11.7 Å². The van der Waals surface area contributed by atoms with Gasteiger partial charge in [-0.15, -0.1) is 0 Å². The molecule has 0 radical (unpaired) electrons. The minimum atomic E-state index is -0.821. The van der Waals surface area contributed by atoms with Crippen LogP contribution in [0.5, 0.6) is 0 Å². The molecule has 1 fully saturated rings. The predicted octanol–water partition coefficient (Wildman–Crippen LogP) is 2.28. The Bertz CT molecular complexity index is 519. The minimum Gasteiger partial charge on any atom is -0.409 e. The quantitative estimate of drug-likeness (QED) is 0.336. The fourth-order valence-corrected chi connectivity index (χ4v) is 2.18. The minimum absolute atomic E-state index is 0.00738. The summed E-state index contributed by atoms with van der Waals surface area (Å²) in [4.78, 5) is 12.3. The van der Waals surface area contributed by atoms with E-state index in [1.54, 1.807) is 0 Å². The van der Waals surface area contributed by atoms with E-state index in [0.29, 0.717) is 18.8 Å². The average Bonchev–Trinajstić information content (AvgIpc) is 3.19. The monoisotopic (exact) mass is 261 g/mol. The summed E-state index contributed by atoms with van der Waals surface area (Å²) >= 11 is 0. The van der Waals surface area contributed by atoms with Crippen LogP contribution in [0.25, 0.3) is 0 Å². The van der Waals surface area contributed by atoms with Crippen LogP contribution in [-0.2, 0) is 4.79 Å². The number of rotatable bonds is 4. The number of amides is 1. The summed E-state index contributed by atoms with van der Waals surface area (Å²) < 4.78 is 0. The normalized spacial score (nSPS) is 17.3. The fraction of sp³-hybridized carbons (Fsp3) is 0.429. The highest BCUT2D eigenvalue weighted by atomic mass is 16.4. The molecule has 19 heavy (non-hydrogen) atoms. The second-order valence-electron chi connectivity index (χ2n) is 5.26. The van der Waals surface area contributed by atoms with E-state index in [1.165, 1.54) is 0 Å². The molecule has 102 valence electrons. The summed E-state index contributed by atoms with van der Waals surface area (Å²) in [5.74, 6) is 0.110. The zero-order chi connectivity index (χ0) is 14.0. The van der Waals surface area contributed by atoms with Crippen molar-refractivity contribution in [3.63, 3.8) is 0 Å². The summed E-state index contributed by atoms with van der Waals surface area (Å²) in [6.45, 7) is 4.14. The lowest BCUT2D eigenvalue weighted by Crippen LogP contribution is -2.36. The Morgan fingerprint density at radius 2 is 2.05 bits per heavy atom. The number of para-hydroxylation sites is 1. The van der Waals surface area contributed by atoms with E-state index in [9.17, 15) is 4.79 Å². The molecule has 5 nitrogen and oxygen atoms in total. The molecule has 2 rings (SSSR count). The Kier molecular flexibility index (Phi) is 3.46. The zero-order valence-electron chi connectivity index (χ0n) is 11.2. The highest BCUT2D eigenvalue weighted by molar-refractivity contribution is 6.14. The first-order valence-corrected chi connectivity index (χ1v) is 6.39. The second-order valence-corrected chi connectivity index (χ2v) is 5.26. The smallest absolute Gasteiger partial charge is 0.238 e. The summed E-state index contributed by atoms with van der Waals surface area (Å²) in [6.07, 6.45) is 1.25. The largest absolute Gasteiger partial charge is 0.409 e. The number of benzene rings is 1. The van der Waals surface area contributed by atoms with Gasteiger partial charge < -0.3 is 16.3 Å². The van der Waals surface area contributed by atoms with Gasteiger partial charge in [0.25, 0.3) is 0 Å². The van der Waals surface area contributed by atoms with Crippen molar-refractivity contribution in [3.8, 4) is 0 Å². The molecule has 1 aromatic carbocycles. The van der Waals surface area contributed by atoms with E-state index in [1.807, 2.05) is 24.3 Å². The van der Waals surface area contributed by atoms with Crippen LogP contribution in [0, 0.1) is 5.41 Å². The molecule has 0 aliphatic heterocycles. The first-order chi connectivity index (χ1) is 9.01. The van der Waals surface area contributed by atoms with Gasteiger partial charge in [0.05, 0.1) is 0 Å². The van der Waals surface area contributed by atoms with Crippen molar-refractivity contribution >= 4 is 17.4 Å². The van der Waals surface area contributed by atoms with Gasteiger partial charge in [0.1, 0.15) is 5.41 Å². The first-order valence-electron chi connectivity index (χ1n) is 6.39. The maximum atomic E-state index is 12.3. The number of nitrogens with zero attached hydrogens (tertiary/aromatic N) is 1. The van der Waals surface area contributed by atoms with Gasteiger partial charge in [-0.1, -0.05) is 37.2 Å². The third-order valence-corrected chi connectivity index (χ3v) is 3.61. The lowest BCUT2D eigenvalue weighted by molar-refractivity contribution is -0.119. The topological polar surface area (TPSA) is 87.7 Å². The van der Waals surface area contributed by atoms with E-state index in [4.69, 9.17) is 10.9 Å². The third kappa shape index (κ3) is 2.41. The summed E-state index contributed by atoms with van der Waals surface area (Å²) in [6, 6.07) is 7.69. The number of amidine groups is 1. The second kappa shape index (κ2) is 4.91. The van der Waals surface area contributed by atoms with Crippen molar-refractivity contribution in [2.24, 2.45) is 16.3 Å². The molecule has 5 heteroatoms. The number of anilines is 1. The van der Waals surface area contributed by atoms with Gasteiger partial charge in [0, 0.05) is 5.69 Å². The van der Waals surface area contributed by atoms with E-state index in [0.717, 1.165) is 11.3 Å². The fourth-order valence-electron chi connectivity index (χ4n) is 2.18. The van der Waals surface area contributed by atoms with Gasteiger partial charge in [-0.2, -0.15) is 0 Å². The molecule has 1 aliphatic carbocycles. The number of hydrogen-bond donors (Lipinski definition) is 3. The van der Waals surface area contributed by atoms with Crippen molar-refractivity contribution in [1.29, 1.82) is 0 Å². The van der Waals surface area contributed by atoms with Crippen LogP contribution < -0.4 is 11.1 Å². The molecule has 0 heterocycles.